The summed E-state index contributed by atoms with van der Waals surface area (Å²) in [4.78, 5) is 13.2. The summed E-state index contributed by atoms with van der Waals surface area (Å²) < 4.78 is 43.9. The van der Waals surface area contributed by atoms with E-state index in [1.165, 1.54) is 0 Å². The monoisotopic (exact) mass is 351 g/mol. The highest BCUT2D eigenvalue weighted by molar-refractivity contribution is 5.84. The molecule has 1 atom stereocenters. The normalized spacial score (nSPS) is 15.8. The number of benzene rings is 2. The van der Waals surface area contributed by atoms with E-state index in [1.807, 2.05) is 30.3 Å². The molecule has 3 nitrogen and oxygen atoms in total. The zero-order valence-corrected chi connectivity index (χ0v) is 13.9. The van der Waals surface area contributed by atoms with E-state index in [2.05, 4.69) is 0 Å². The number of carbonyl (C=O) groups excluding carboxylic acids is 1. The van der Waals surface area contributed by atoms with Crippen LogP contribution in [0.4, 0.5) is 13.2 Å². The molecular weight excluding hydrogens is 331 g/mol. The standard InChI is InChI=1S/C19H20F3NO2/c1-13(14-6-7-14)23(12-19(20,21)22)18(24)11-25-17-9-8-15-4-2-3-5-16(15)10-17/h2-5,8-10,13-14H,6-7,11-12H2,1H3. The van der Waals surface area contributed by atoms with Crippen LogP contribution in [0.2, 0.25) is 0 Å². The van der Waals surface area contributed by atoms with Gasteiger partial charge in [0.2, 0.25) is 0 Å². The first-order chi connectivity index (χ1) is 11.8. The Bertz CT molecular complexity index is 756. The van der Waals surface area contributed by atoms with Crippen molar-refractivity contribution in [2.24, 2.45) is 5.92 Å². The SMILES string of the molecule is CC(C1CC1)N(CC(F)(F)F)C(=O)COc1ccc2ccccc2c1. The Hall–Kier alpha value is -2.24. The molecule has 0 aromatic heterocycles. The molecule has 25 heavy (non-hydrogen) atoms. The topological polar surface area (TPSA) is 29.5 Å². The lowest BCUT2D eigenvalue weighted by Gasteiger charge is -2.30. The second-order valence-corrected chi connectivity index (χ2v) is 6.51. The van der Waals surface area contributed by atoms with Crippen LogP contribution >= 0.6 is 0 Å². The summed E-state index contributed by atoms with van der Waals surface area (Å²) in [6, 6.07) is 12.6. The summed E-state index contributed by atoms with van der Waals surface area (Å²) in [5.74, 6) is -0.00469. The fourth-order valence-corrected chi connectivity index (χ4v) is 2.97. The minimum Gasteiger partial charge on any atom is -0.484 e. The second kappa shape index (κ2) is 6.94. The summed E-state index contributed by atoms with van der Waals surface area (Å²) in [6.07, 6.45) is -2.68. The summed E-state index contributed by atoms with van der Waals surface area (Å²) in [5.41, 5.74) is 0. The van der Waals surface area contributed by atoms with E-state index < -0.39 is 31.3 Å². The maximum Gasteiger partial charge on any atom is 0.406 e. The maximum atomic E-state index is 12.8. The lowest BCUT2D eigenvalue weighted by Crippen LogP contribution is -2.47. The summed E-state index contributed by atoms with van der Waals surface area (Å²) >= 11 is 0. The number of alkyl halides is 3. The van der Waals surface area contributed by atoms with Gasteiger partial charge in [-0.2, -0.15) is 13.2 Å². The van der Waals surface area contributed by atoms with Crippen LogP contribution in [0.5, 0.6) is 5.75 Å². The van der Waals surface area contributed by atoms with Crippen molar-refractivity contribution in [1.82, 2.24) is 4.90 Å². The first kappa shape index (κ1) is 17.6. The van der Waals surface area contributed by atoms with Crippen molar-refractivity contribution in [3.05, 3.63) is 42.5 Å². The van der Waals surface area contributed by atoms with Crippen LogP contribution in [0.25, 0.3) is 10.8 Å². The van der Waals surface area contributed by atoms with E-state index in [9.17, 15) is 18.0 Å². The largest absolute Gasteiger partial charge is 0.484 e. The number of halogens is 3. The molecule has 0 N–H and O–H groups in total. The molecule has 2 aromatic carbocycles. The van der Waals surface area contributed by atoms with Crippen LogP contribution in [0.15, 0.2) is 42.5 Å². The van der Waals surface area contributed by atoms with Crippen LogP contribution in [-0.4, -0.2) is 36.2 Å². The molecule has 2 aromatic rings. The van der Waals surface area contributed by atoms with Gasteiger partial charge in [-0.15, -0.1) is 0 Å². The Kier molecular flexibility index (Phi) is 4.88. The molecule has 1 fully saturated rings. The Labute approximate surface area is 144 Å². The molecule has 3 rings (SSSR count). The Balaban J connectivity index is 1.67. The van der Waals surface area contributed by atoms with Gasteiger partial charge in [-0.3, -0.25) is 4.79 Å². The summed E-state index contributed by atoms with van der Waals surface area (Å²) in [6.45, 7) is 0.0490. The smallest absolute Gasteiger partial charge is 0.406 e. The molecule has 1 aliphatic rings. The Morgan fingerprint density at radius 2 is 1.88 bits per heavy atom. The van der Waals surface area contributed by atoms with Gasteiger partial charge in [0.05, 0.1) is 0 Å². The first-order valence-corrected chi connectivity index (χ1v) is 8.31. The second-order valence-electron chi connectivity index (χ2n) is 6.51. The Morgan fingerprint density at radius 1 is 1.20 bits per heavy atom. The van der Waals surface area contributed by atoms with Crippen LogP contribution in [0.3, 0.4) is 0 Å². The number of nitrogens with zero attached hydrogens (tertiary/aromatic N) is 1. The quantitative estimate of drug-likeness (QED) is 0.772. The summed E-state index contributed by atoms with van der Waals surface area (Å²) in [5, 5.41) is 1.98. The van der Waals surface area contributed by atoms with Crippen LogP contribution in [-0.2, 0) is 4.79 Å². The molecular formula is C19H20F3NO2. The van der Waals surface area contributed by atoms with E-state index in [0.29, 0.717) is 5.75 Å². The van der Waals surface area contributed by atoms with Gasteiger partial charge in [-0.1, -0.05) is 30.3 Å². The summed E-state index contributed by atoms with van der Waals surface area (Å²) in [7, 11) is 0. The number of fused-ring (bicyclic) bond motifs is 1. The molecule has 1 unspecified atom stereocenters. The molecule has 134 valence electrons. The van der Waals surface area contributed by atoms with Gasteiger partial charge in [-0.25, -0.2) is 0 Å². The molecule has 1 amide bonds. The average molecular weight is 351 g/mol. The number of carbonyl (C=O) groups is 1. The van der Waals surface area contributed by atoms with E-state index in [0.717, 1.165) is 28.5 Å². The fraction of sp³-hybridized carbons (Fsp3) is 0.421. The maximum absolute atomic E-state index is 12.8. The van der Waals surface area contributed by atoms with Gasteiger partial charge in [-0.05, 0) is 48.6 Å². The number of amides is 1. The molecule has 1 aliphatic carbocycles. The third-order valence-electron chi connectivity index (χ3n) is 4.55. The van der Waals surface area contributed by atoms with Gasteiger partial charge >= 0.3 is 6.18 Å². The van der Waals surface area contributed by atoms with Crippen LogP contribution in [0.1, 0.15) is 19.8 Å². The van der Waals surface area contributed by atoms with Crippen molar-refractivity contribution in [2.45, 2.75) is 32.0 Å². The first-order valence-electron chi connectivity index (χ1n) is 8.31. The molecule has 0 bridgehead atoms. The lowest BCUT2D eigenvalue weighted by molar-refractivity contribution is -0.167. The Morgan fingerprint density at radius 3 is 2.52 bits per heavy atom. The van der Waals surface area contributed by atoms with Crippen molar-refractivity contribution >= 4 is 16.7 Å². The van der Waals surface area contributed by atoms with Crippen molar-refractivity contribution in [2.75, 3.05) is 13.2 Å². The van der Waals surface area contributed by atoms with E-state index in [-0.39, 0.29) is 5.92 Å². The highest BCUT2D eigenvalue weighted by atomic mass is 19.4. The molecule has 0 heterocycles. The average Bonchev–Trinajstić information content (AvgIpc) is 3.41. The van der Waals surface area contributed by atoms with Crippen molar-refractivity contribution < 1.29 is 22.7 Å². The zero-order chi connectivity index (χ0) is 18.0. The van der Waals surface area contributed by atoms with Gasteiger partial charge in [0.1, 0.15) is 12.3 Å². The number of rotatable bonds is 6. The molecule has 0 spiro atoms. The number of hydrogen-bond acceptors (Lipinski definition) is 2. The van der Waals surface area contributed by atoms with E-state index in [1.54, 1.807) is 19.1 Å². The zero-order valence-electron chi connectivity index (χ0n) is 13.9. The minimum atomic E-state index is -4.41. The van der Waals surface area contributed by atoms with Crippen molar-refractivity contribution in [3.63, 3.8) is 0 Å². The van der Waals surface area contributed by atoms with Crippen molar-refractivity contribution in [1.29, 1.82) is 0 Å². The third-order valence-corrected chi connectivity index (χ3v) is 4.55. The molecule has 1 saturated carbocycles. The number of hydrogen-bond donors (Lipinski definition) is 0. The minimum absolute atomic E-state index is 0.159. The number of ether oxygens (including phenoxy) is 1. The van der Waals surface area contributed by atoms with Crippen LogP contribution < -0.4 is 4.74 Å². The van der Waals surface area contributed by atoms with Crippen molar-refractivity contribution in [3.8, 4) is 5.75 Å². The lowest BCUT2D eigenvalue weighted by atomic mass is 10.1. The van der Waals surface area contributed by atoms with E-state index >= 15 is 0 Å². The third kappa shape index (κ3) is 4.65. The highest BCUT2D eigenvalue weighted by Gasteiger charge is 2.40. The highest BCUT2D eigenvalue weighted by Crippen LogP contribution is 2.36. The van der Waals surface area contributed by atoms with Gasteiger partial charge < -0.3 is 9.64 Å². The predicted octanol–water partition coefficient (Wildman–Crippen LogP) is 4.41. The van der Waals surface area contributed by atoms with Crippen LogP contribution in [0, 0.1) is 5.92 Å². The van der Waals surface area contributed by atoms with Gasteiger partial charge in [0.25, 0.3) is 5.91 Å². The molecule has 0 radical (unpaired) electrons. The van der Waals surface area contributed by atoms with Gasteiger partial charge in [0, 0.05) is 6.04 Å². The molecule has 0 aliphatic heterocycles. The van der Waals surface area contributed by atoms with Gasteiger partial charge in [0.15, 0.2) is 6.61 Å². The van der Waals surface area contributed by atoms with E-state index in [4.69, 9.17) is 4.74 Å². The fourth-order valence-electron chi connectivity index (χ4n) is 2.97. The predicted molar refractivity (Wildman–Crippen MR) is 89.4 cm³/mol. The molecule has 0 saturated heterocycles. The molecule has 6 heteroatoms.